The average molecular weight is 270 g/mol. The van der Waals surface area contributed by atoms with E-state index in [1.54, 1.807) is 6.33 Å². The van der Waals surface area contributed by atoms with Crippen LogP contribution in [0.2, 0.25) is 0 Å². The minimum atomic E-state index is 0.918. The number of hydrogen-bond acceptors (Lipinski definition) is 3. The van der Waals surface area contributed by atoms with Crippen molar-refractivity contribution in [1.29, 1.82) is 0 Å². The summed E-state index contributed by atoms with van der Waals surface area (Å²) in [6, 6.07) is 14.5. The number of fused-ring (bicyclic) bond motifs is 8. The van der Waals surface area contributed by atoms with E-state index in [1.165, 1.54) is 5.39 Å². The molecule has 4 nitrogen and oxygen atoms in total. The molecule has 0 saturated carbocycles. The number of pyridine rings is 2. The lowest BCUT2D eigenvalue weighted by Crippen LogP contribution is -1.95. The number of aromatic nitrogens is 4. The maximum Gasteiger partial charge on any atom is 0.149 e. The second-order valence-electron chi connectivity index (χ2n) is 5.08. The van der Waals surface area contributed by atoms with Gasteiger partial charge in [0.05, 0.1) is 16.6 Å². The molecule has 0 saturated heterocycles. The second-order valence-corrected chi connectivity index (χ2v) is 5.08. The molecule has 21 heavy (non-hydrogen) atoms. The average Bonchev–Trinajstić information content (AvgIpc) is 2.95. The fourth-order valence-corrected chi connectivity index (χ4v) is 3.08. The van der Waals surface area contributed by atoms with E-state index in [9.17, 15) is 0 Å². The highest BCUT2D eigenvalue weighted by atomic mass is 15.0. The first-order valence-corrected chi connectivity index (χ1v) is 6.80. The van der Waals surface area contributed by atoms with Crippen LogP contribution in [-0.4, -0.2) is 19.4 Å². The molecule has 0 unspecified atom stereocenters. The zero-order valence-corrected chi connectivity index (χ0v) is 11.1. The third kappa shape index (κ3) is 1.31. The normalized spacial score (nSPS) is 11.8. The van der Waals surface area contributed by atoms with Crippen LogP contribution in [0.3, 0.4) is 0 Å². The van der Waals surface area contributed by atoms with Crippen LogP contribution >= 0.6 is 0 Å². The summed E-state index contributed by atoms with van der Waals surface area (Å²) < 4.78 is 2.17. The zero-order valence-electron chi connectivity index (χ0n) is 11.1. The molecule has 5 aromatic rings. The Hall–Kier alpha value is -3.01. The molecule has 4 heterocycles. The van der Waals surface area contributed by atoms with E-state index in [-0.39, 0.29) is 0 Å². The van der Waals surface area contributed by atoms with Gasteiger partial charge in [0.1, 0.15) is 12.0 Å². The summed E-state index contributed by atoms with van der Waals surface area (Å²) in [5.74, 6) is 0. The van der Waals surface area contributed by atoms with Crippen molar-refractivity contribution in [2.75, 3.05) is 0 Å². The molecule has 0 fully saturated rings. The number of hydrogen-bond donors (Lipinski definition) is 0. The Balaban J connectivity index is 2.25. The topological polar surface area (TPSA) is 43.1 Å². The lowest BCUT2D eigenvalue weighted by molar-refractivity contribution is 1.16. The molecule has 0 aliphatic rings. The van der Waals surface area contributed by atoms with Crippen LogP contribution in [0.1, 0.15) is 0 Å². The van der Waals surface area contributed by atoms with Crippen LogP contribution in [0.5, 0.6) is 0 Å². The summed E-state index contributed by atoms with van der Waals surface area (Å²) in [6.07, 6.45) is 5.29. The Kier molecular flexibility index (Phi) is 1.92. The monoisotopic (exact) mass is 270 g/mol. The molecule has 0 atom stereocenters. The van der Waals surface area contributed by atoms with Crippen molar-refractivity contribution in [2.45, 2.75) is 0 Å². The third-order valence-electron chi connectivity index (χ3n) is 3.95. The SMILES string of the molecule is c1ccc2c(c1)cc1c3ncccc3c3cncnc3n21. The summed E-state index contributed by atoms with van der Waals surface area (Å²) in [4.78, 5) is 13.3. The Morgan fingerprint density at radius 3 is 2.81 bits per heavy atom. The summed E-state index contributed by atoms with van der Waals surface area (Å²) >= 11 is 0. The fourth-order valence-electron chi connectivity index (χ4n) is 3.08. The molecule has 0 aliphatic carbocycles. The molecule has 0 bridgehead atoms. The molecule has 4 heteroatoms. The third-order valence-corrected chi connectivity index (χ3v) is 3.95. The molecule has 1 aromatic carbocycles. The lowest BCUT2D eigenvalue weighted by Gasteiger charge is -2.07. The van der Waals surface area contributed by atoms with Gasteiger partial charge in [-0.2, -0.15) is 0 Å². The Labute approximate surface area is 119 Å². The van der Waals surface area contributed by atoms with Gasteiger partial charge in [-0.1, -0.05) is 24.3 Å². The molecule has 0 radical (unpaired) electrons. The number of nitrogens with zero attached hydrogens (tertiary/aromatic N) is 4. The molecule has 5 rings (SSSR count). The van der Waals surface area contributed by atoms with Gasteiger partial charge in [-0.05, 0) is 18.2 Å². The van der Waals surface area contributed by atoms with Gasteiger partial charge in [-0.3, -0.25) is 9.38 Å². The van der Waals surface area contributed by atoms with Gasteiger partial charge in [0.2, 0.25) is 0 Å². The molecule has 0 aliphatic heterocycles. The Morgan fingerprint density at radius 2 is 1.81 bits per heavy atom. The summed E-state index contributed by atoms with van der Waals surface area (Å²) in [5.41, 5.74) is 4.12. The van der Waals surface area contributed by atoms with E-state index < -0.39 is 0 Å². The molecule has 0 N–H and O–H groups in total. The molecule has 4 aromatic heterocycles. The largest absolute Gasteiger partial charge is 0.292 e. The standard InChI is InChI=1S/C17H10N4/c1-2-6-14-11(4-1)8-15-16-12(5-3-7-19-16)13-9-18-10-20-17(13)21(14)15/h1-10H. The van der Waals surface area contributed by atoms with Crippen LogP contribution in [0.4, 0.5) is 0 Å². The number of para-hydroxylation sites is 1. The van der Waals surface area contributed by atoms with E-state index in [2.05, 4.69) is 49.7 Å². The van der Waals surface area contributed by atoms with Gasteiger partial charge >= 0.3 is 0 Å². The first-order valence-electron chi connectivity index (χ1n) is 6.80. The first kappa shape index (κ1) is 10.7. The van der Waals surface area contributed by atoms with E-state index >= 15 is 0 Å². The molecule has 0 spiro atoms. The van der Waals surface area contributed by atoms with Crippen LogP contribution in [0, 0.1) is 0 Å². The van der Waals surface area contributed by atoms with Gasteiger partial charge < -0.3 is 0 Å². The van der Waals surface area contributed by atoms with Crippen LogP contribution in [-0.2, 0) is 0 Å². The molecule has 98 valence electrons. The van der Waals surface area contributed by atoms with Gasteiger partial charge in [0.25, 0.3) is 0 Å². The minimum absolute atomic E-state index is 0.918. The summed E-state index contributed by atoms with van der Waals surface area (Å²) in [5, 5.41) is 3.30. The number of rotatable bonds is 0. The molecular weight excluding hydrogens is 260 g/mol. The van der Waals surface area contributed by atoms with Crippen LogP contribution < -0.4 is 0 Å². The minimum Gasteiger partial charge on any atom is -0.292 e. The highest BCUT2D eigenvalue weighted by Gasteiger charge is 2.13. The van der Waals surface area contributed by atoms with Gasteiger partial charge in [-0.25, -0.2) is 9.97 Å². The van der Waals surface area contributed by atoms with Gasteiger partial charge in [0, 0.05) is 28.6 Å². The van der Waals surface area contributed by atoms with E-state index in [1.807, 2.05) is 24.5 Å². The van der Waals surface area contributed by atoms with E-state index in [0.717, 1.165) is 33.0 Å². The van der Waals surface area contributed by atoms with Gasteiger partial charge in [0.15, 0.2) is 0 Å². The smallest absolute Gasteiger partial charge is 0.149 e. The quantitative estimate of drug-likeness (QED) is 0.404. The van der Waals surface area contributed by atoms with Crippen molar-refractivity contribution < 1.29 is 0 Å². The van der Waals surface area contributed by atoms with Crippen LogP contribution in [0.15, 0.2) is 61.2 Å². The van der Waals surface area contributed by atoms with E-state index in [0.29, 0.717) is 0 Å². The second kappa shape index (κ2) is 3.76. The predicted molar refractivity (Wildman–Crippen MR) is 83.3 cm³/mol. The Bertz CT molecular complexity index is 1140. The van der Waals surface area contributed by atoms with Crippen molar-refractivity contribution in [3.8, 4) is 0 Å². The highest BCUT2D eigenvalue weighted by molar-refractivity contribution is 6.12. The highest BCUT2D eigenvalue weighted by Crippen LogP contribution is 2.31. The lowest BCUT2D eigenvalue weighted by atomic mass is 10.1. The van der Waals surface area contributed by atoms with Crippen molar-refractivity contribution in [3.63, 3.8) is 0 Å². The zero-order chi connectivity index (χ0) is 13.8. The Morgan fingerprint density at radius 1 is 0.857 bits per heavy atom. The van der Waals surface area contributed by atoms with Crippen molar-refractivity contribution in [3.05, 3.63) is 61.2 Å². The maximum absolute atomic E-state index is 4.58. The van der Waals surface area contributed by atoms with Gasteiger partial charge in [-0.15, -0.1) is 0 Å². The molecular formula is C17H10N4. The molecule has 0 amide bonds. The number of benzene rings is 1. The predicted octanol–water partition coefficient (Wildman–Crippen LogP) is 3.58. The summed E-state index contributed by atoms with van der Waals surface area (Å²) in [6.45, 7) is 0. The maximum atomic E-state index is 4.58. The fraction of sp³-hybridized carbons (Fsp3) is 0. The van der Waals surface area contributed by atoms with Crippen molar-refractivity contribution in [1.82, 2.24) is 19.4 Å². The van der Waals surface area contributed by atoms with E-state index in [4.69, 9.17) is 0 Å². The van der Waals surface area contributed by atoms with Crippen LogP contribution in [0.25, 0.3) is 38.4 Å². The van der Waals surface area contributed by atoms with Crippen molar-refractivity contribution >= 4 is 38.4 Å². The van der Waals surface area contributed by atoms with Crippen molar-refractivity contribution in [2.24, 2.45) is 0 Å². The summed E-state index contributed by atoms with van der Waals surface area (Å²) in [7, 11) is 0. The first-order chi connectivity index (χ1) is 10.4.